The Morgan fingerprint density at radius 3 is 2.16 bits per heavy atom. The maximum atomic E-state index is 13.8. The second-order valence-electron chi connectivity index (χ2n) is 7.49. The van der Waals surface area contributed by atoms with Gasteiger partial charge in [0.15, 0.2) is 0 Å². The minimum atomic E-state index is -1.88. The van der Waals surface area contributed by atoms with Crippen LogP contribution in [0, 0.1) is 0 Å². The van der Waals surface area contributed by atoms with Crippen molar-refractivity contribution in [2.75, 3.05) is 0 Å². The Labute approximate surface area is 196 Å². The van der Waals surface area contributed by atoms with E-state index in [1.807, 2.05) is 72.8 Å². The van der Waals surface area contributed by atoms with Gasteiger partial charge in [-0.05, 0) is 28.8 Å². The molecule has 1 fully saturated rings. The summed E-state index contributed by atoms with van der Waals surface area (Å²) in [4.78, 5) is 17.1. The maximum absolute atomic E-state index is 13.8. The van der Waals surface area contributed by atoms with Gasteiger partial charge in [0.05, 0.1) is 0 Å². The van der Waals surface area contributed by atoms with Crippen LogP contribution < -0.4 is 0 Å². The zero-order chi connectivity index (χ0) is 22.0. The summed E-state index contributed by atoms with van der Waals surface area (Å²) in [5.74, 6) is -0.409. The molecule has 3 aromatic rings. The molecule has 1 N–H and O–H groups in total. The van der Waals surface area contributed by atoms with Crippen LogP contribution in [0.25, 0.3) is 6.08 Å². The van der Waals surface area contributed by atoms with Crippen molar-refractivity contribution in [1.29, 1.82) is 0 Å². The lowest BCUT2D eigenvalue weighted by molar-refractivity contribution is -0.157. The Kier molecular flexibility index (Phi) is 6.34. The lowest BCUT2D eigenvalue weighted by Gasteiger charge is -2.33. The summed E-state index contributed by atoms with van der Waals surface area (Å²) in [5.41, 5.74) is 0.618. The number of hydrogen-bond donors (Lipinski definition) is 2. The number of nitrogens with zero attached hydrogens (tertiary/aromatic N) is 2. The van der Waals surface area contributed by atoms with E-state index in [2.05, 4.69) is 22.5 Å². The molecule has 0 spiro atoms. The van der Waals surface area contributed by atoms with Gasteiger partial charge >= 0.3 is 0 Å². The predicted octanol–water partition coefficient (Wildman–Crippen LogP) is 5.00. The van der Waals surface area contributed by atoms with Gasteiger partial charge in [0.1, 0.15) is 5.50 Å². The van der Waals surface area contributed by atoms with Crippen molar-refractivity contribution >= 4 is 40.5 Å². The van der Waals surface area contributed by atoms with E-state index in [-0.39, 0.29) is 0 Å². The summed E-state index contributed by atoms with van der Waals surface area (Å²) < 4.78 is 0.770. The quantitative estimate of drug-likeness (QED) is 0.474. The number of aliphatic hydroxyl groups is 1. The monoisotopic (exact) mass is 494 g/mol. The predicted molar refractivity (Wildman–Crippen MR) is 130 cm³/mol. The molecular weight excluding hydrogens is 472 g/mol. The molecule has 1 heterocycles. The number of carbonyl (C=O) groups excluding carboxylic acids is 1. The first-order chi connectivity index (χ1) is 14.9. The van der Waals surface area contributed by atoms with Crippen LogP contribution in [0.2, 0.25) is 0 Å². The third-order valence-corrected chi connectivity index (χ3v) is 6.59. The number of amides is 1. The number of carbonyl (C=O) groups is 1. The highest BCUT2D eigenvalue weighted by Gasteiger charge is 2.57. The van der Waals surface area contributed by atoms with Crippen molar-refractivity contribution in [2.24, 2.45) is 0 Å². The topological polar surface area (TPSA) is 43.8 Å². The molecule has 2 atom stereocenters. The average Bonchev–Trinajstić information content (AvgIpc) is 2.97. The molecule has 0 saturated carbocycles. The molecule has 4 nitrogen and oxygen atoms in total. The molecule has 0 aliphatic carbocycles. The largest absolute Gasteiger partial charge is 0.364 e. The van der Waals surface area contributed by atoms with Gasteiger partial charge in [-0.2, -0.15) is 0 Å². The van der Waals surface area contributed by atoms with Crippen LogP contribution in [0.3, 0.4) is 0 Å². The zero-order valence-corrected chi connectivity index (χ0v) is 19.3. The van der Waals surface area contributed by atoms with Crippen LogP contribution in [0.1, 0.15) is 22.3 Å². The zero-order valence-electron chi connectivity index (χ0n) is 16.9. The van der Waals surface area contributed by atoms with E-state index in [1.54, 1.807) is 21.9 Å². The van der Waals surface area contributed by atoms with Crippen molar-refractivity contribution in [3.05, 3.63) is 112 Å². The standard InChI is InChI=1S/C25H23BrN2O2S/c1-2-20-13-14-21(26)15-22(20)25(30)23(29)27(16-18-9-5-3-6-10-18)24(31)28(25)17-19-11-7-4-8-12-19/h2-15,24,30-31H,1,16-17H2. The fourth-order valence-corrected chi connectivity index (χ4v) is 4.75. The van der Waals surface area contributed by atoms with Crippen molar-refractivity contribution in [3.63, 3.8) is 0 Å². The smallest absolute Gasteiger partial charge is 0.277 e. The van der Waals surface area contributed by atoms with Crippen LogP contribution in [-0.2, 0) is 23.6 Å². The van der Waals surface area contributed by atoms with Crippen molar-refractivity contribution in [3.8, 4) is 0 Å². The Balaban J connectivity index is 1.82. The minimum absolute atomic E-state index is 0.346. The maximum Gasteiger partial charge on any atom is 0.277 e. The highest BCUT2D eigenvalue weighted by Crippen LogP contribution is 2.43. The number of rotatable bonds is 6. The normalized spacial score (nSPS) is 21.5. The summed E-state index contributed by atoms with van der Waals surface area (Å²) >= 11 is 8.27. The molecule has 1 amide bonds. The van der Waals surface area contributed by atoms with Gasteiger partial charge in [0.2, 0.25) is 5.72 Å². The van der Waals surface area contributed by atoms with E-state index in [0.717, 1.165) is 15.6 Å². The van der Waals surface area contributed by atoms with Gasteiger partial charge in [0.25, 0.3) is 5.91 Å². The van der Waals surface area contributed by atoms with Crippen LogP contribution in [0.15, 0.2) is 89.9 Å². The van der Waals surface area contributed by atoms with Crippen molar-refractivity contribution in [2.45, 2.75) is 24.3 Å². The molecule has 3 aromatic carbocycles. The Bertz CT molecular complexity index is 1090. The van der Waals surface area contributed by atoms with E-state index >= 15 is 0 Å². The highest BCUT2D eigenvalue weighted by molar-refractivity contribution is 9.10. The van der Waals surface area contributed by atoms with Gasteiger partial charge in [-0.15, -0.1) is 12.6 Å². The lowest BCUT2D eigenvalue weighted by Crippen LogP contribution is -2.47. The van der Waals surface area contributed by atoms with E-state index in [0.29, 0.717) is 24.2 Å². The molecule has 1 aliphatic heterocycles. The van der Waals surface area contributed by atoms with Crippen LogP contribution >= 0.6 is 28.6 Å². The molecular formula is C25H23BrN2O2S. The second kappa shape index (κ2) is 9.01. The summed E-state index contributed by atoms with van der Waals surface area (Å²) in [6.07, 6.45) is 1.65. The molecule has 0 aromatic heterocycles. The summed E-state index contributed by atoms with van der Waals surface area (Å²) in [7, 11) is 0. The third kappa shape index (κ3) is 4.08. The summed E-state index contributed by atoms with van der Waals surface area (Å²) in [6.45, 7) is 4.57. The van der Waals surface area contributed by atoms with E-state index in [9.17, 15) is 9.90 Å². The number of hydrogen-bond acceptors (Lipinski definition) is 4. The summed E-state index contributed by atoms with van der Waals surface area (Å²) in [6, 6.07) is 25.0. The fraction of sp³-hybridized carbons (Fsp3) is 0.160. The van der Waals surface area contributed by atoms with E-state index in [4.69, 9.17) is 12.6 Å². The molecule has 0 bridgehead atoms. The number of halogens is 1. The number of thiol groups is 1. The molecule has 2 unspecified atom stereocenters. The molecule has 158 valence electrons. The first-order valence-corrected chi connectivity index (χ1v) is 11.2. The molecule has 1 aliphatic rings. The first kappa shape index (κ1) is 21.8. The Morgan fingerprint density at radius 2 is 1.58 bits per heavy atom. The van der Waals surface area contributed by atoms with Crippen LogP contribution in [0.5, 0.6) is 0 Å². The molecule has 0 radical (unpaired) electrons. The van der Waals surface area contributed by atoms with Gasteiger partial charge < -0.3 is 10.0 Å². The van der Waals surface area contributed by atoms with Gasteiger partial charge in [0, 0.05) is 23.1 Å². The van der Waals surface area contributed by atoms with E-state index < -0.39 is 17.1 Å². The third-order valence-electron chi connectivity index (χ3n) is 5.53. The van der Waals surface area contributed by atoms with E-state index in [1.165, 1.54) is 0 Å². The lowest BCUT2D eigenvalue weighted by atomic mass is 9.95. The molecule has 4 rings (SSSR count). The van der Waals surface area contributed by atoms with Gasteiger partial charge in [-0.3, -0.25) is 4.79 Å². The van der Waals surface area contributed by atoms with Crippen molar-refractivity contribution in [1.82, 2.24) is 9.80 Å². The molecule has 6 heteroatoms. The Hall–Kier alpha value is -2.38. The Morgan fingerprint density at radius 1 is 1.00 bits per heavy atom. The summed E-state index contributed by atoms with van der Waals surface area (Å²) in [5, 5.41) is 12.0. The van der Waals surface area contributed by atoms with Crippen LogP contribution in [0.4, 0.5) is 0 Å². The van der Waals surface area contributed by atoms with Gasteiger partial charge in [-0.1, -0.05) is 95.3 Å². The van der Waals surface area contributed by atoms with Crippen LogP contribution in [-0.4, -0.2) is 26.3 Å². The highest BCUT2D eigenvalue weighted by atomic mass is 79.9. The fourth-order valence-electron chi connectivity index (χ4n) is 3.95. The SMILES string of the molecule is C=Cc1ccc(Br)cc1C1(O)C(=O)N(Cc2ccccc2)C(S)N1Cc1ccccc1. The average molecular weight is 495 g/mol. The minimum Gasteiger partial charge on any atom is -0.364 e. The second-order valence-corrected chi connectivity index (χ2v) is 8.86. The molecule has 31 heavy (non-hydrogen) atoms. The van der Waals surface area contributed by atoms with Gasteiger partial charge in [-0.25, -0.2) is 4.90 Å². The first-order valence-electron chi connectivity index (χ1n) is 9.93. The van der Waals surface area contributed by atoms with Crippen molar-refractivity contribution < 1.29 is 9.90 Å². The molecule has 1 saturated heterocycles. The number of benzene rings is 3.